The summed E-state index contributed by atoms with van der Waals surface area (Å²) in [5.74, 6) is 0.689. The average Bonchev–Trinajstić information content (AvgIpc) is 2.63. The summed E-state index contributed by atoms with van der Waals surface area (Å²) in [5.41, 5.74) is 1.30. The molecule has 26 heavy (non-hydrogen) atoms. The van der Waals surface area contributed by atoms with Gasteiger partial charge < -0.3 is 14.8 Å². The topological polar surface area (TPSA) is 50.8 Å². The molecule has 1 amide bonds. The van der Waals surface area contributed by atoms with E-state index >= 15 is 0 Å². The number of methoxy groups -OCH3 is 2. The Bertz CT molecular complexity index is 785. The van der Waals surface area contributed by atoms with E-state index in [2.05, 4.69) is 5.32 Å². The molecule has 0 aliphatic heterocycles. The molecule has 0 spiro atoms. The lowest BCUT2D eigenvalue weighted by molar-refractivity contribution is -0.120. The first kappa shape index (κ1) is 20.0. The van der Waals surface area contributed by atoms with Crippen molar-refractivity contribution in [3.8, 4) is 11.5 Å². The molecule has 1 atom stereocenters. The molecule has 2 rings (SSSR count). The van der Waals surface area contributed by atoms with Crippen LogP contribution in [0.25, 0.3) is 0 Å². The average molecular weight is 381 g/mol. The Morgan fingerprint density at radius 1 is 1.23 bits per heavy atom. The van der Waals surface area contributed by atoms with Gasteiger partial charge in [-0.1, -0.05) is 17.7 Å². The summed E-state index contributed by atoms with van der Waals surface area (Å²) >= 11 is 5.96. The number of ether oxygens (including phenoxy) is 2. The lowest BCUT2D eigenvalue weighted by Gasteiger charge is -2.25. The van der Waals surface area contributed by atoms with Crippen LogP contribution < -0.4 is 14.8 Å². The maximum absolute atomic E-state index is 13.1. The normalized spacial score (nSPS) is 12.0. The summed E-state index contributed by atoms with van der Waals surface area (Å²) in [6.07, 6.45) is 0. The highest BCUT2D eigenvalue weighted by atomic mass is 35.5. The van der Waals surface area contributed by atoms with Crippen LogP contribution in [0.15, 0.2) is 36.4 Å². The van der Waals surface area contributed by atoms with Crippen LogP contribution in [-0.4, -0.2) is 38.1 Å². The molecular weight excluding hydrogens is 359 g/mol. The summed E-state index contributed by atoms with van der Waals surface area (Å²) in [5, 5.41) is 2.88. The van der Waals surface area contributed by atoms with Crippen molar-refractivity contribution in [2.45, 2.75) is 19.5 Å². The van der Waals surface area contributed by atoms with Gasteiger partial charge in [-0.15, -0.1) is 0 Å². The molecular formula is C19H22ClFN2O3. The number of halogens is 2. The standard InChI is InChI=1S/C19H22ClFN2O3/c1-12(19(24)22-17-8-6-14(21)9-16(17)20)23(2)11-13-5-7-15(25-3)10-18(13)26-4/h5-10,12H,11H2,1-4H3,(H,22,24)/t12-/m1/s1. The molecule has 0 radical (unpaired) electrons. The van der Waals surface area contributed by atoms with Gasteiger partial charge in [0.15, 0.2) is 0 Å². The minimum atomic E-state index is -0.454. The molecule has 0 aromatic heterocycles. The molecule has 2 aromatic carbocycles. The molecule has 1 N–H and O–H groups in total. The van der Waals surface area contributed by atoms with Crippen molar-refractivity contribution in [1.29, 1.82) is 0 Å². The molecule has 0 bridgehead atoms. The summed E-state index contributed by atoms with van der Waals surface area (Å²) in [7, 11) is 5.01. The summed E-state index contributed by atoms with van der Waals surface area (Å²) in [6, 6.07) is 8.94. The van der Waals surface area contributed by atoms with Crippen LogP contribution in [0.1, 0.15) is 12.5 Å². The molecule has 0 fully saturated rings. The van der Waals surface area contributed by atoms with E-state index in [0.717, 1.165) is 11.6 Å². The van der Waals surface area contributed by atoms with E-state index in [9.17, 15) is 9.18 Å². The lowest BCUT2D eigenvalue weighted by Crippen LogP contribution is -2.39. The second kappa shape index (κ2) is 8.87. The lowest BCUT2D eigenvalue weighted by atomic mass is 10.1. The first-order valence-corrected chi connectivity index (χ1v) is 8.40. The third-order valence-corrected chi connectivity index (χ3v) is 4.46. The predicted octanol–water partition coefficient (Wildman–Crippen LogP) is 3.96. The largest absolute Gasteiger partial charge is 0.497 e. The van der Waals surface area contributed by atoms with E-state index in [1.54, 1.807) is 27.2 Å². The van der Waals surface area contributed by atoms with Gasteiger partial charge in [0.25, 0.3) is 0 Å². The van der Waals surface area contributed by atoms with Crippen molar-refractivity contribution in [2.75, 3.05) is 26.6 Å². The Hall–Kier alpha value is -2.31. The molecule has 0 saturated heterocycles. The second-order valence-electron chi connectivity index (χ2n) is 5.88. The number of amides is 1. The van der Waals surface area contributed by atoms with E-state index in [4.69, 9.17) is 21.1 Å². The third-order valence-electron chi connectivity index (χ3n) is 4.14. The van der Waals surface area contributed by atoms with Crippen molar-refractivity contribution in [3.63, 3.8) is 0 Å². The maximum Gasteiger partial charge on any atom is 0.241 e. The zero-order chi connectivity index (χ0) is 19.3. The van der Waals surface area contributed by atoms with Gasteiger partial charge in [0, 0.05) is 18.2 Å². The minimum Gasteiger partial charge on any atom is -0.497 e. The highest BCUT2D eigenvalue weighted by Crippen LogP contribution is 2.26. The molecule has 2 aromatic rings. The fraction of sp³-hybridized carbons (Fsp3) is 0.316. The molecule has 140 valence electrons. The van der Waals surface area contributed by atoms with Gasteiger partial charge >= 0.3 is 0 Å². The Morgan fingerprint density at radius 2 is 1.96 bits per heavy atom. The Morgan fingerprint density at radius 3 is 2.58 bits per heavy atom. The van der Waals surface area contributed by atoms with Gasteiger partial charge in [-0.2, -0.15) is 0 Å². The molecule has 7 heteroatoms. The third kappa shape index (κ3) is 4.86. The van der Waals surface area contributed by atoms with Crippen LogP contribution in [0.5, 0.6) is 11.5 Å². The number of carbonyl (C=O) groups is 1. The number of hydrogen-bond acceptors (Lipinski definition) is 4. The number of nitrogens with zero attached hydrogens (tertiary/aromatic N) is 1. The van der Waals surface area contributed by atoms with Gasteiger partial charge in [0.05, 0.1) is 31.0 Å². The van der Waals surface area contributed by atoms with Gasteiger partial charge in [-0.05, 0) is 38.2 Å². The quantitative estimate of drug-likeness (QED) is 0.790. The SMILES string of the molecule is COc1ccc(CN(C)[C@H](C)C(=O)Nc2ccc(F)cc2Cl)c(OC)c1. The van der Waals surface area contributed by atoms with Crippen molar-refractivity contribution in [3.05, 3.63) is 52.8 Å². The number of benzene rings is 2. The number of hydrogen-bond donors (Lipinski definition) is 1. The molecule has 5 nitrogen and oxygen atoms in total. The number of likely N-dealkylation sites (N-methyl/N-ethyl adjacent to an activating group) is 1. The van der Waals surface area contributed by atoms with Gasteiger partial charge in [-0.25, -0.2) is 4.39 Å². The number of anilines is 1. The molecule has 0 aliphatic rings. The van der Waals surface area contributed by atoms with E-state index in [0.29, 0.717) is 23.7 Å². The minimum absolute atomic E-state index is 0.157. The van der Waals surface area contributed by atoms with Crippen LogP contribution in [-0.2, 0) is 11.3 Å². The highest BCUT2D eigenvalue weighted by Gasteiger charge is 2.20. The molecule has 0 saturated carbocycles. The van der Waals surface area contributed by atoms with Gasteiger partial charge in [0.1, 0.15) is 17.3 Å². The van der Waals surface area contributed by atoms with E-state index < -0.39 is 11.9 Å². The predicted molar refractivity (Wildman–Crippen MR) is 101 cm³/mol. The summed E-state index contributed by atoms with van der Waals surface area (Å²) in [6.45, 7) is 2.28. The van der Waals surface area contributed by atoms with Gasteiger partial charge in [0.2, 0.25) is 5.91 Å². The van der Waals surface area contributed by atoms with Crippen LogP contribution >= 0.6 is 11.6 Å². The fourth-order valence-electron chi connectivity index (χ4n) is 2.42. The number of carbonyl (C=O) groups excluding carboxylic acids is 1. The Labute approximate surface area is 157 Å². The second-order valence-corrected chi connectivity index (χ2v) is 6.29. The Kier molecular flexibility index (Phi) is 6.83. The molecule has 0 heterocycles. The van der Waals surface area contributed by atoms with Crippen LogP contribution in [0.2, 0.25) is 5.02 Å². The van der Waals surface area contributed by atoms with Crippen molar-refractivity contribution in [2.24, 2.45) is 0 Å². The van der Waals surface area contributed by atoms with Crippen LogP contribution in [0, 0.1) is 5.82 Å². The zero-order valence-corrected chi connectivity index (χ0v) is 15.9. The van der Waals surface area contributed by atoms with Crippen molar-refractivity contribution >= 4 is 23.2 Å². The van der Waals surface area contributed by atoms with Gasteiger partial charge in [-0.3, -0.25) is 9.69 Å². The van der Waals surface area contributed by atoms with Crippen LogP contribution in [0.3, 0.4) is 0 Å². The monoisotopic (exact) mass is 380 g/mol. The smallest absolute Gasteiger partial charge is 0.241 e. The summed E-state index contributed by atoms with van der Waals surface area (Å²) in [4.78, 5) is 14.4. The van der Waals surface area contributed by atoms with E-state index in [-0.39, 0.29) is 10.9 Å². The zero-order valence-electron chi connectivity index (χ0n) is 15.2. The number of nitrogens with one attached hydrogen (secondary N) is 1. The van der Waals surface area contributed by atoms with E-state index in [1.807, 2.05) is 24.1 Å². The fourth-order valence-corrected chi connectivity index (χ4v) is 2.63. The number of rotatable bonds is 7. The van der Waals surface area contributed by atoms with Crippen molar-refractivity contribution in [1.82, 2.24) is 4.90 Å². The first-order valence-electron chi connectivity index (χ1n) is 8.02. The molecule has 0 unspecified atom stereocenters. The molecule has 0 aliphatic carbocycles. The summed E-state index contributed by atoms with van der Waals surface area (Å²) < 4.78 is 23.7. The first-order chi connectivity index (χ1) is 12.3. The highest BCUT2D eigenvalue weighted by molar-refractivity contribution is 6.33. The van der Waals surface area contributed by atoms with Crippen molar-refractivity contribution < 1.29 is 18.7 Å². The maximum atomic E-state index is 13.1. The van der Waals surface area contributed by atoms with E-state index in [1.165, 1.54) is 12.1 Å². The van der Waals surface area contributed by atoms with Crippen LogP contribution in [0.4, 0.5) is 10.1 Å². The Balaban J connectivity index is 2.06.